The fourth-order valence-corrected chi connectivity index (χ4v) is 3.72. The molecule has 0 bridgehead atoms. The first-order chi connectivity index (χ1) is 10.0. The molecule has 1 aromatic carbocycles. The molecule has 1 aliphatic heterocycles. The van der Waals surface area contributed by atoms with Gasteiger partial charge in [-0.05, 0) is 93.0 Å². The maximum atomic E-state index is 3.74. The van der Waals surface area contributed by atoms with Crippen LogP contribution in [0.3, 0.4) is 0 Å². The Morgan fingerprint density at radius 3 is 2.33 bits per heavy atom. The molecule has 0 aliphatic carbocycles. The van der Waals surface area contributed by atoms with E-state index in [9.17, 15) is 0 Å². The van der Waals surface area contributed by atoms with Crippen LogP contribution in [0.4, 0.5) is 0 Å². The van der Waals surface area contributed by atoms with Gasteiger partial charge in [0.05, 0.1) is 0 Å². The number of nitrogens with one attached hydrogen (secondary N) is 1. The first-order valence-electron chi connectivity index (χ1n) is 8.27. The molecule has 2 rings (SSSR count). The standard InChI is InChI=1S/C18H29IN2/c1-4-20-17(14-15-8-10-16(19)11-9-15)18(2,3)21-12-6-5-7-13-21/h8-11,17,20H,4-7,12-14H2,1-3H3. The van der Waals surface area contributed by atoms with Crippen molar-refractivity contribution in [1.29, 1.82) is 0 Å². The number of rotatable bonds is 6. The largest absolute Gasteiger partial charge is 0.312 e. The molecule has 1 fully saturated rings. The van der Waals surface area contributed by atoms with E-state index in [2.05, 4.69) is 77.8 Å². The number of likely N-dealkylation sites (tertiary alicyclic amines) is 1. The zero-order chi connectivity index (χ0) is 15.3. The highest BCUT2D eigenvalue weighted by Gasteiger charge is 2.35. The molecule has 21 heavy (non-hydrogen) atoms. The number of halogens is 1. The lowest BCUT2D eigenvalue weighted by atomic mass is 9.86. The van der Waals surface area contributed by atoms with Crippen LogP contribution in [-0.4, -0.2) is 36.1 Å². The zero-order valence-corrected chi connectivity index (χ0v) is 15.8. The van der Waals surface area contributed by atoms with E-state index in [1.807, 2.05) is 0 Å². The Hall–Kier alpha value is -0.130. The zero-order valence-electron chi connectivity index (χ0n) is 13.7. The van der Waals surface area contributed by atoms with Crippen LogP contribution in [0.15, 0.2) is 24.3 Å². The first kappa shape index (κ1) is 17.2. The van der Waals surface area contributed by atoms with Crippen LogP contribution >= 0.6 is 22.6 Å². The SMILES string of the molecule is CCNC(Cc1ccc(I)cc1)C(C)(C)N1CCCCC1. The van der Waals surface area contributed by atoms with E-state index in [0.717, 1.165) is 13.0 Å². The third kappa shape index (κ3) is 4.67. The molecule has 1 saturated heterocycles. The van der Waals surface area contributed by atoms with E-state index >= 15 is 0 Å². The van der Waals surface area contributed by atoms with Gasteiger partial charge in [0.2, 0.25) is 0 Å². The Morgan fingerprint density at radius 1 is 1.14 bits per heavy atom. The predicted molar refractivity (Wildman–Crippen MR) is 99.8 cm³/mol. The molecule has 2 nitrogen and oxygen atoms in total. The number of hydrogen-bond donors (Lipinski definition) is 1. The van der Waals surface area contributed by atoms with Gasteiger partial charge >= 0.3 is 0 Å². The summed E-state index contributed by atoms with van der Waals surface area (Å²) < 4.78 is 1.31. The Bertz CT molecular complexity index is 421. The normalized spacial score (nSPS) is 18.7. The second kappa shape index (κ2) is 7.93. The van der Waals surface area contributed by atoms with Gasteiger partial charge < -0.3 is 5.32 Å². The summed E-state index contributed by atoms with van der Waals surface area (Å²) >= 11 is 2.37. The number of piperidine rings is 1. The summed E-state index contributed by atoms with van der Waals surface area (Å²) in [5.74, 6) is 0. The van der Waals surface area contributed by atoms with Crippen LogP contribution in [0.2, 0.25) is 0 Å². The molecule has 0 amide bonds. The van der Waals surface area contributed by atoms with Crippen LogP contribution < -0.4 is 5.32 Å². The molecule has 0 radical (unpaired) electrons. The Labute approximate surface area is 143 Å². The van der Waals surface area contributed by atoms with Crippen LogP contribution in [-0.2, 0) is 6.42 Å². The van der Waals surface area contributed by atoms with Crippen molar-refractivity contribution in [3.8, 4) is 0 Å². The number of likely N-dealkylation sites (N-methyl/N-ethyl adjacent to an activating group) is 1. The van der Waals surface area contributed by atoms with Gasteiger partial charge in [0.15, 0.2) is 0 Å². The second-order valence-electron chi connectivity index (χ2n) is 6.64. The van der Waals surface area contributed by atoms with Crippen LogP contribution in [0.1, 0.15) is 45.6 Å². The molecule has 1 N–H and O–H groups in total. The van der Waals surface area contributed by atoms with Crippen LogP contribution in [0, 0.1) is 3.57 Å². The average Bonchev–Trinajstić information content (AvgIpc) is 2.50. The summed E-state index contributed by atoms with van der Waals surface area (Å²) in [7, 11) is 0. The van der Waals surface area contributed by atoms with Crippen molar-refractivity contribution in [3.05, 3.63) is 33.4 Å². The Balaban J connectivity index is 2.10. The van der Waals surface area contributed by atoms with Crippen molar-refractivity contribution < 1.29 is 0 Å². The van der Waals surface area contributed by atoms with E-state index in [1.54, 1.807) is 0 Å². The molecule has 1 aromatic rings. The molecule has 1 heterocycles. The predicted octanol–water partition coefficient (Wildman–Crippen LogP) is 4.08. The summed E-state index contributed by atoms with van der Waals surface area (Å²) in [5, 5.41) is 3.74. The van der Waals surface area contributed by atoms with Crippen molar-refractivity contribution in [1.82, 2.24) is 10.2 Å². The molecule has 0 aromatic heterocycles. The number of nitrogens with zero attached hydrogens (tertiary/aromatic N) is 1. The van der Waals surface area contributed by atoms with Crippen LogP contribution in [0.5, 0.6) is 0 Å². The van der Waals surface area contributed by atoms with Crippen molar-refractivity contribution in [2.24, 2.45) is 0 Å². The fraction of sp³-hybridized carbons (Fsp3) is 0.667. The molecule has 0 saturated carbocycles. The number of hydrogen-bond acceptors (Lipinski definition) is 2. The van der Waals surface area contributed by atoms with Gasteiger partial charge in [0, 0.05) is 15.2 Å². The third-order valence-corrected chi connectivity index (χ3v) is 5.55. The highest BCUT2D eigenvalue weighted by Crippen LogP contribution is 2.26. The minimum atomic E-state index is 0.208. The summed E-state index contributed by atoms with van der Waals surface area (Å²) in [6.07, 6.45) is 5.21. The van der Waals surface area contributed by atoms with Gasteiger partial charge in [0.1, 0.15) is 0 Å². The van der Waals surface area contributed by atoms with Crippen LogP contribution in [0.25, 0.3) is 0 Å². The summed E-state index contributed by atoms with van der Waals surface area (Å²) in [5.41, 5.74) is 1.64. The number of benzene rings is 1. The maximum Gasteiger partial charge on any atom is 0.0309 e. The minimum Gasteiger partial charge on any atom is -0.312 e. The molecule has 1 atom stereocenters. The van der Waals surface area contributed by atoms with Crippen molar-refractivity contribution in [2.75, 3.05) is 19.6 Å². The van der Waals surface area contributed by atoms with E-state index in [4.69, 9.17) is 0 Å². The van der Waals surface area contributed by atoms with Gasteiger partial charge in [-0.1, -0.05) is 25.5 Å². The monoisotopic (exact) mass is 400 g/mol. The summed E-state index contributed by atoms with van der Waals surface area (Å²) in [4.78, 5) is 2.69. The molecule has 0 spiro atoms. The molecule has 1 aliphatic rings. The lowest BCUT2D eigenvalue weighted by Crippen LogP contribution is -2.59. The van der Waals surface area contributed by atoms with Gasteiger partial charge in [0.25, 0.3) is 0 Å². The highest BCUT2D eigenvalue weighted by atomic mass is 127. The Morgan fingerprint density at radius 2 is 1.76 bits per heavy atom. The van der Waals surface area contributed by atoms with E-state index in [-0.39, 0.29) is 5.54 Å². The van der Waals surface area contributed by atoms with Gasteiger partial charge in [-0.2, -0.15) is 0 Å². The van der Waals surface area contributed by atoms with Crippen molar-refractivity contribution in [2.45, 2.75) is 58.0 Å². The second-order valence-corrected chi connectivity index (χ2v) is 7.89. The van der Waals surface area contributed by atoms with Crippen molar-refractivity contribution in [3.63, 3.8) is 0 Å². The quantitative estimate of drug-likeness (QED) is 0.725. The minimum absolute atomic E-state index is 0.208. The fourth-order valence-electron chi connectivity index (χ4n) is 3.36. The van der Waals surface area contributed by atoms with Gasteiger partial charge in [-0.15, -0.1) is 0 Å². The van der Waals surface area contributed by atoms with Crippen molar-refractivity contribution >= 4 is 22.6 Å². The summed E-state index contributed by atoms with van der Waals surface area (Å²) in [6.45, 7) is 10.6. The molecule has 1 unspecified atom stereocenters. The van der Waals surface area contributed by atoms with Gasteiger partial charge in [-0.3, -0.25) is 4.90 Å². The van der Waals surface area contributed by atoms with E-state index in [0.29, 0.717) is 6.04 Å². The molecular weight excluding hydrogens is 371 g/mol. The third-order valence-electron chi connectivity index (χ3n) is 4.83. The highest BCUT2D eigenvalue weighted by molar-refractivity contribution is 14.1. The van der Waals surface area contributed by atoms with E-state index < -0.39 is 0 Å². The maximum absolute atomic E-state index is 3.74. The topological polar surface area (TPSA) is 15.3 Å². The molecule has 3 heteroatoms. The lowest BCUT2D eigenvalue weighted by molar-refractivity contribution is 0.0616. The molecule has 118 valence electrons. The van der Waals surface area contributed by atoms with E-state index in [1.165, 1.54) is 41.5 Å². The Kier molecular flexibility index (Phi) is 6.51. The molecular formula is C18H29IN2. The lowest BCUT2D eigenvalue weighted by Gasteiger charge is -2.46. The first-order valence-corrected chi connectivity index (χ1v) is 9.34. The summed E-state index contributed by atoms with van der Waals surface area (Å²) in [6, 6.07) is 9.48. The average molecular weight is 400 g/mol. The van der Waals surface area contributed by atoms with Gasteiger partial charge in [-0.25, -0.2) is 0 Å². The smallest absolute Gasteiger partial charge is 0.0309 e.